The van der Waals surface area contributed by atoms with Crippen molar-refractivity contribution in [2.24, 2.45) is 11.8 Å². The minimum Gasteiger partial charge on any atom is -0.481 e. The van der Waals surface area contributed by atoms with Crippen LogP contribution in [0.15, 0.2) is 0 Å². The van der Waals surface area contributed by atoms with Crippen molar-refractivity contribution in [1.29, 1.82) is 0 Å². The lowest BCUT2D eigenvalue weighted by atomic mass is 10.0. The fourth-order valence-electron chi connectivity index (χ4n) is 2.13. The van der Waals surface area contributed by atoms with E-state index in [9.17, 15) is 4.79 Å². The molecule has 0 aromatic rings. The Labute approximate surface area is 97.6 Å². The van der Waals surface area contributed by atoms with E-state index in [4.69, 9.17) is 9.84 Å². The number of likely N-dealkylation sites (N-methyl/N-ethyl adjacent to an activating group) is 1. The fraction of sp³-hybridized carbons (Fsp3) is 0.917. The highest BCUT2D eigenvalue weighted by atomic mass is 16.5. The Bertz CT molecular complexity index is 230. The van der Waals surface area contributed by atoms with Crippen LogP contribution in [0, 0.1) is 11.8 Å². The van der Waals surface area contributed by atoms with Gasteiger partial charge in [-0.25, -0.2) is 0 Å². The van der Waals surface area contributed by atoms with Crippen LogP contribution >= 0.6 is 0 Å². The Morgan fingerprint density at radius 3 is 2.75 bits per heavy atom. The van der Waals surface area contributed by atoms with Crippen molar-refractivity contribution in [2.45, 2.75) is 32.7 Å². The van der Waals surface area contributed by atoms with E-state index in [0.29, 0.717) is 19.1 Å². The second-order valence-corrected chi connectivity index (χ2v) is 5.07. The summed E-state index contributed by atoms with van der Waals surface area (Å²) in [6, 6.07) is 0.0460. The molecule has 0 spiro atoms. The zero-order valence-corrected chi connectivity index (χ0v) is 10.5. The summed E-state index contributed by atoms with van der Waals surface area (Å²) in [5.74, 6) is -0.384. The summed E-state index contributed by atoms with van der Waals surface area (Å²) in [5.41, 5.74) is 0. The van der Waals surface area contributed by atoms with E-state index in [1.165, 1.54) is 6.42 Å². The molecule has 1 aliphatic rings. The standard InChI is InChI=1S/C12H23NO3/c1-9(2)5-4-6-13(3)11-8-16-7-10(11)12(14)15/h9-11H,4-8H2,1-3H3,(H,14,15). The largest absolute Gasteiger partial charge is 0.481 e. The highest BCUT2D eigenvalue weighted by Crippen LogP contribution is 2.19. The monoisotopic (exact) mass is 229 g/mol. The summed E-state index contributed by atoms with van der Waals surface area (Å²) in [5, 5.41) is 9.04. The number of rotatable bonds is 6. The first-order valence-electron chi connectivity index (χ1n) is 6.03. The Kier molecular flexibility index (Phi) is 5.22. The van der Waals surface area contributed by atoms with Gasteiger partial charge in [0.05, 0.1) is 19.1 Å². The van der Waals surface area contributed by atoms with Crippen molar-refractivity contribution in [1.82, 2.24) is 4.90 Å². The molecule has 4 heteroatoms. The molecule has 1 heterocycles. The van der Waals surface area contributed by atoms with Crippen LogP contribution in [0.25, 0.3) is 0 Å². The summed E-state index contributed by atoms with van der Waals surface area (Å²) in [6.45, 7) is 6.27. The second-order valence-electron chi connectivity index (χ2n) is 5.07. The number of carbonyl (C=O) groups is 1. The van der Waals surface area contributed by atoms with Gasteiger partial charge in [-0.1, -0.05) is 13.8 Å². The zero-order chi connectivity index (χ0) is 12.1. The van der Waals surface area contributed by atoms with Gasteiger partial charge in [-0.05, 0) is 32.4 Å². The Morgan fingerprint density at radius 1 is 1.50 bits per heavy atom. The molecule has 0 saturated carbocycles. The fourth-order valence-corrected chi connectivity index (χ4v) is 2.13. The zero-order valence-electron chi connectivity index (χ0n) is 10.5. The summed E-state index contributed by atoms with van der Waals surface area (Å²) in [4.78, 5) is 13.1. The second kappa shape index (κ2) is 6.21. The molecule has 1 rings (SSSR count). The Balaban J connectivity index is 2.34. The number of hydrogen-bond donors (Lipinski definition) is 1. The molecule has 0 radical (unpaired) electrons. The van der Waals surface area contributed by atoms with Gasteiger partial charge in [-0.3, -0.25) is 4.79 Å². The molecule has 2 atom stereocenters. The van der Waals surface area contributed by atoms with Crippen LogP contribution in [0.5, 0.6) is 0 Å². The number of aliphatic carboxylic acids is 1. The maximum absolute atomic E-state index is 11.0. The van der Waals surface area contributed by atoms with Gasteiger partial charge in [0.25, 0.3) is 0 Å². The first-order chi connectivity index (χ1) is 7.52. The third-order valence-electron chi connectivity index (χ3n) is 3.23. The molecule has 0 aromatic heterocycles. The molecule has 94 valence electrons. The molecule has 1 aliphatic heterocycles. The van der Waals surface area contributed by atoms with Gasteiger partial charge in [0.1, 0.15) is 0 Å². The lowest BCUT2D eigenvalue weighted by Gasteiger charge is -2.26. The molecule has 1 N–H and O–H groups in total. The molecule has 16 heavy (non-hydrogen) atoms. The average Bonchev–Trinajstić information content (AvgIpc) is 2.65. The molecule has 0 aliphatic carbocycles. The quantitative estimate of drug-likeness (QED) is 0.749. The Hall–Kier alpha value is -0.610. The maximum Gasteiger partial charge on any atom is 0.310 e. The molecule has 1 fully saturated rings. The van der Waals surface area contributed by atoms with E-state index >= 15 is 0 Å². The molecule has 1 saturated heterocycles. The van der Waals surface area contributed by atoms with Gasteiger partial charge < -0.3 is 14.7 Å². The van der Waals surface area contributed by atoms with Crippen molar-refractivity contribution in [3.05, 3.63) is 0 Å². The van der Waals surface area contributed by atoms with Crippen molar-refractivity contribution in [3.8, 4) is 0 Å². The average molecular weight is 229 g/mol. The normalized spacial score (nSPS) is 25.6. The predicted octanol–water partition coefficient (Wildman–Crippen LogP) is 1.45. The number of carboxylic acid groups (broad SMARTS) is 1. The lowest BCUT2D eigenvalue weighted by molar-refractivity contribution is -0.143. The smallest absolute Gasteiger partial charge is 0.310 e. The van der Waals surface area contributed by atoms with Gasteiger partial charge in [0.15, 0.2) is 0 Å². The minimum absolute atomic E-state index is 0.0460. The SMILES string of the molecule is CC(C)CCCN(C)C1COCC1C(=O)O. The van der Waals surface area contributed by atoms with Gasteiger partial charge in [-0.15, -0.1) is 0 Å². The van der Waals surface area contributed by atoms with Gasteiger partial charge >= 0.3 is 5.97 Å². The summed E-state index contributed by atoms with van der Waals surface area (Å²) in [7, 11) is 2.00. The highest BCUT2D eigenvalue weighted by Gasteiger charge is 2.36. The van der Waals surface area contributed by atoms with Crippen molar-refractivity contribution in [2.75, 3.05) is 26.8 Å². The van der Waals surface area contributed by atoms with Crippen LogP contribution in [0.3, 0.4) is 0 Å². The third kappa shape index (κ3) is 3.76. The van der Waals surface area contributed by atoms with E-state index in [-0.39, 0.29) is 12.0 Å². The third-order valence-corrected chi connectivity index (χ3v) is 3.23. The molecular weight excluding hydrogens is 206 g/mol. The highest BCUT2D eigenvalue weighted by molar-refractivity contribution is 5.71. The summed E-state index contributed by atoms with van der Waals surface area (Å²) >= 11 is 0. The van der Waals surface area contributed by atoms with E-state index in [1.807, 2.05) is 7.05 Å². The van der Waals surface area contributed by atoms with E-state index < -0.39 is 5.97 Å². The molecular formula is C12H23NO3. The van der Waals surface area contributed by atoms with Crippen LogP contribution < -0.4 is 0 Å². The van der Waals surface area contributed by atoms with Crippen molar-refractivity contribution >= 4 is 5.97 Å². The van der Waals surface area contributed by atoms with Crippen LogP contribution in [0.2, 0.25) is 0 Å². The summed E-state index contributed by atoms with van der Waals surface area (Å²) in [6.07, 6.45) is 2.31. The van der Waals surface area contributed by atoms with Crippen molar-refractivity contribution < 1.29 is 14.6 Å². The first kappa shape index (κ1) is 13.5. The molecule has 0 amide bonds. The maximum atomic E-state index is 11.0. The number of carboxylic acids is 1. The van der Waals surface area contributed by atoms with E-state index in [1.54, 1.807) is 0 Å². The molecule has 4 nitrogen and oxygen atoms in total. The van der Waals surface area contributed by atoms with Gasteiger partial charge in [0, 0.05) is 6.04 Å². The topological polar surface area (TPSA) is 49.8 Å². The van der Waals surface area contributed by atoms with E-state index in [2.05, 4.69) is 18.7 Å². The van der Waals surface area contributed by atoms with Crippen LogP contribution in [-0.4, -0.2) is 48.8 Å². The number of ether oxygens (including phenoxy) is 1. The molecule has 0 aromatic carbocycles. The minimum atomic E-state index is -0.738. The molecule has 0 bridgehead atoms. The van der Waals surface area contributed by atoms with E-state index in [0.717, 1.165) is 13.0 Å². The molecule has 2 unspecified atom stereocenters. The van der Waals surface area contributed by atoms with Crippen LogP contribution in [0.4, 0.5) is 0 Å². The summed E-state index contributed by atoms with van der Waals surface area (Å²) < 4.78 is 5.26. The van der Waals surface area contributed by atoms with Crippen molar-refractivity contribution in [3.63, 3.8) is 0 Å². The predicted molar refractivity (Wildman–Crippen MR) is 62.4 cm³/mol. The lowest BCUT2D eigenvalue weighted by Crippen LogP contribution is -2.41. The number of hydrogen-bond acceptors (Lipinski definition) is 3. The first-order valence-corrected chi connectivity index (χ1v) is 6.03. The van der Waals surface area contributed by atoms with Gasteiger partial charge in [-0.2, -0.15) is 0 Å². The van der Waals surface area contributed by atoms with Gasteiger partial charge in [0.2, 0.25) is 0 Å². The van der Waals surface area contributed by atoms with Crippen LogP contribution in [-0.2, 0) is 9.53 Å². The Morgan fingerprint density at radius 2 is 2.19 bits per heavy atom. The number of nitrogens with zero attached hydrogens (tertiary/aromatic N) is 1. The van der Waals surface area contributed by atoms with Crippen LogP contribution in [0.1, 0.15) is 26.7 Å².